The number of halogens is 1. The molecule has 4 nitrogen and oxygen atoms in total. The summed E-state index contributed by atoms with van der Waals surface area (Å²) in [7, 11) is -3.48. The summed E-state index contributed by atoms with van der Waals surface area (Å²) in [6.07, 6.45) is 0. The summed E-state index contributed by atoms with van der Waals surface area (Å²) in [4.78, 5) is 0.340. The van der Waals surface area contributed by atoms with Crippen LogP contribution in [0.3, 0.4) is 0 Å². The molecule has 1 heterocycles. The van der Waals surface area contributed by atoms with Gasteiger partial charge in [-0.05, 0) is 18.2 Å². The Balaban J connectivity index is 2.35. The molecule has 0 unspecified atom stereocenters. The highest BCUT2D eigenvalue weighted by molar-refractivity contribution is 7.99. The first-order valence-electron chi connectivity index (χ1n) is 5.60. The van der Waals surface area contributed by atoms with Gasteiger partial charge in [0.15, 0.2) is 0 Å². The molecule has 0 saturated carbocycles. The first-order valence-corrected chi connectivity index (χ1v) is 8.98. The van der Waals surface area contributed by atoms with Gasteiger partial charge in [0, 0.05) is 30.2 Å². The molecule has 1 aromatic rings. The van der Waals surface area contributed by atoms with Gasteiger partial charge in [0.2, 0.25) is 10.0 Å². The van der Waals surface area contributed by atoms with Crippen LogP contribution in [0.15, 0.2) is 23.1 Å². The largest absolute Gasteiger partial charge is 0.389 e. The molecular weight excluding hydrogens is 324 g/mol. The maximum atomic E-state index is 12.4. The Morgan fingerprint density at radius 3 is 2.53 bits per heavy atom. The minimum Gasteiger partial charge on any atom is -0.389 e. The zero-order valence-electron chi connectivity index (χ0n) is 10.0. The normalized spacial score (nSPS) is 17.3. The van der Waals surface area contributed by atoms with Crippen LogP contribution in [0.5, 0.6) is 0 Å². The van der Waals surface area contributed by atoms with E-state index in [4.69, 9.17) is 29.6 Å². The van der Waals surface area contributed by atoms with Crippen LogP contribution in [0.1, 0.15) is 5.56 Å². The van der Waals surface area contributed by atoms with Gasteiger partial charge in [0.25, 0.3) is 0 Å². The van der Waals surface area contributed by atoms with Crippen LogP contribution in [-0.2, 0) is 10.0 Å². The highest BCUT2D eigenvalue weighted by Crippen LogP contribution is 2.25. The van der Waals surface area contributed by atoms with Gasteiger partial charge in [0.05, 0.1) is 9.92 Å². The fourth-order valence-electron chi connectivity index (χ4n) is 1.79. The predicted octanol–water partition coefficient (Wildman–Crippen LogP) is 1.71. The van der Waals surface area contributed by atoms with Gasteiger partial charge in [-0.25, -0.2) is 8.42 Å². The number of nitrogens with two attached hydrogens (primary N) is 1. The van der Waals surface area contributed by atoms with Crippen LogP contribution in [-0.4, -0.2) is 42.3 Å². The van der Waals surface area contributed by atoms with E-state index in [1.54, 1.807) is 17.8 Å². The Bertz CT molecular complexity index is 598. The maximum absolute atomic E-state index is 12.4. The van der Waals surface area contributed by atoms with Gasteiger partial charge < -0.3 is 5.73 Å². The molecule has 2 rings (SSSR count). The first-order chi connectivity index (χ1) is 8.93. The van der Waals surface area contributed by atoms with E-state index in [9.17, 15) is 8.42 Å². The van der Waals surface area contributed by atoms with Gasteiger partial charge in [-0.15, -0.1) is 0 Å². The first kappa shape index (κ1) is 15.1. The Morgan fingerprint density at radius 1 is 1.37 bits per heavy atom. The molecule has 19 heavy (non-hydrogen) atoms. The average molecular weight is 337 g/mol. The van der Waals surface area contributed by atoms with Crippen molar-refractivity contribution < 1.29 is 8.42 Å². The lowest BCUT2D eigenvalue weighted by Crippen LogP contribution is -2.37. The molecule has 0 spiro atoms. The van der Waals surface area contributed by atoms with Gasteiger partial charge in [-0.2, -0.15) is 16.1 Å². The summed E-state index contributed by atoms with van der Waals surface area (Å²) in [6, 6.07) is 4.46. The summed E-state index contributed by atoms with van der Waals surface area (Å²) in [5.74, 6) is 1.63. The maximum Gasteiger partial charge on any atom is 0.243 e. The third-order valence-electron chi connectivity index (χ3n) is 2.81. The second kappa shape index (κ2) is 5.97. The van der Waals surface area contributed by atoms with Crippen molar-refractivity contribution in [2.45, 2.75) is 4.90 Å². The molecule has 1 aliphatic rings. The van der Waals surface area contributed by atoms with E-state index in [2.05, 4.69) is 0 Å². The lowest BCUT2D eigenvalue weighted by Gasteiger charge is -2.25. The Morgan fingerprint density at radius 2 is 2.00 bits per heavy atom. The van der Waals surface area contributed by atoms with Crippen LogP contribution in [0.4, 0.5) is 0 Å². The predicted molar refractivity (Wildman–Crippen MR) is 83.4 cm³/mol. The van der Waals surface area contributed by atoms with Crippen molar-refractivity contribution in [3.63, 3.8) is 0 Å². The van der Waals surface area contributed by atoms with Crippen LogP contribution < -0.4 is 5.73 Å². The van der Waals surface area contributed by atoms with Crippen molar-refractivity contribution in [2.24, 2.45) is 5.73 Å². The summed E-state index contributed by atoms with van der Waals surface area (Å²) in [5, 5.41) is 0.264. The number of sulfonamides is 1. The molecule has 1 aliphatic heterocycles. The standard InChI is InChI=1S/C11H13ClN2O2S3/c12-10-7-8(1-2-9(10)11(13)17)19(15,16)14-3-5-18-6-4-14/h1-2,7H,3-6H2,(H2,13,17). The van der Waals surface area contributed by atoms with E-state index in [1.165, 1.54) is 16.4 Å². The Hall–Kier alpha value is -0.340. The highest BCUT2D eigenvalue weighted by Gasteiger charge is 2.26. The van der Waals surface area contributed by atoms with E-state index < -0.39 is 10.0 Å². The molecule has 0 amide bonds. The number of thiocarbonyl (C=S) groups is 1. The van der Waals surface area contributed by atoms with Gasteiger partial charge in [0.1, 0.15) is 4.99 Å². The van der Waals surface area contributed by atoms with E-state index >= 15 is 0 Å². The molecule has 2 N–H and O–H groups in total. The number of thioether (sulfide) groups is 1. The molecule has 104 valence electrons. The number of hydrogen-bond acceptors (Lipinski definition) is 4. The monoisotopic (exact) mass is 336 g/mol. The lowest BCUT2D eigenvalue weighted by molar-refractivity contribution is 0.443. The molecule has 1 saturated heterocycles. The minimum atomic E-state index is -3.48. The van der Waals surface area contributed by atoms with Crippen molar-refractivity contribution in [1.29, 1.82) is 0 Å². The third kappa shape index (κ3) is 3.22. The van der Waals surface area contributed by atoms with Crippen molar-refractivity contribution in [1.82, 2.24) is 4.31 Å². The second-order valence-electron chi connectivity index (χ2n) is 4.02. The Kier molecular flexibility index (Phi) is 4.73. The quantitative estimate of drug-likeness (QED) is 0.851. The number of benzene rings is 1. The smallest absolute Gasteiger partial charge is 0.243 e. The lowest BCUT2D eigenvalue weighted by atomic mass is 10.2. The average Bonchev–Trinajstić information content (AvgIpc) is 2.39. The van der Waals surface area contributed by atoms with Gasteiger partial charge >= 0.3 is 0 Å². The fourth-order valence-corrected chi connectivity index (χ4v) is 4.98. The zero-order valence-corrected chi connectivity index (χ0v) is 13.2. The van der Waals surface area contributed by atoms with Crippen LogP contribution in [0, 0.1) is 0 Å². The molecule has 8 heteroatoms. The zero-order chi connectivity index (χ0) is 14.0. The van der Waals surface area contributed by atoms with Gasteiger partial charge in [-0.1, -0.05) is 23.8 Å². The van der Waals surface area contributed by atoms with Crippen molar-refractivity contribution >= 4 is 50.6 Å². The molecule has 0 atom stereocenters. The Labute approximate surface area is 127 Å². The SMILES string of the molecule is NC(=S)c1ccc(S(=O)(=O)N2CCSCC2)cc1Cl. The second-order valence-corrected chi connectivity index (χ2v) is 8.03. The summed E-state index contributed by atoms with van der Waals surface area (Å²) >= 11 is 12.6. The van der Waals surface area contributed by atoms with Crippen LogP contribution >= 0.6 is 35.6 Å². The van der Waals surface area contributed by atoms with Crippen molar-refractivity contribution in [3.05, 3.63) is 28.8 Å². The van der Waals surface area contributed by atoms with E-state index in [-0.39, 0.29) is 14.9 Å². The number of hydrogen-bond donors (Lipinski definition) is 1. The van der Waals surface area contributed by atoms with E-state index in [0.29, 0.717) is 18.7 Å². The summed E-state index contributed by atoms with van der Waals surface area (Å²) in [6.45, 7) is 1.06. The molecule has 0 radical (unpaired) electrons. The minimum absolute atomic E-state index is 0.156. The molecule has 1 fully saturated rings. The van der Waals surface area contributed by atoms with Crippen LogP contribution in [0.2, 0.25) is 5.02 Å². The number of nitrogens with zero attached hydrogens (tertiary/aromatic N) is 1. The third-order valence-corrected chi connectivity index (χ3v) is 6.18. The molecule has 0 aliphatic carbocycles. The highest BCUT2D eigenvalue weighted by atomic mass is 35.5. The fraction of sp³-hybridized carbons (Fsp3) is 0.364. The summed E-state index contributed by atoms with van der Waals surface area (Å²) < 4.78 is 26.3. The van der Waals surface area contributed by atoms with E-state index in [0.717, 1.165) is 11.5 Å². The van der Waals surface area contributed by atoms with Gasteiger partial charge in [-0.3, -0.25) is 0 Å². The summed E-state index contributed by atoms with van der Waals surface area (Å²) in [5.41, 5.74) is 5.99. The molecular formula is C11H13ClN2O2S3. The van der Waals surface area contributed by atoms with E-state index in [1.807, 2.05) is 0 Å². The topological polar surface area (TPSA) is 63.4 Å². The molecule has 1 aromatic carbocycles. The molecule has 0 aromatic heterocycles. The van der Waals surface area contributed by atoms with Crippen LogP contribution in [0.25, 0.3) is 0 Å². The molecule has 0 bridgehead atoms. The van der Waals surface area contributed by atoms with Crippen molar-refractivity contribution in [3.8, 4) is 0 Å². The number of rotatable bonds is 3. The van der Waals surface area contributed by atoms with Crippen molar-refractivity contribution in [2.75, 3.05) is 24.6 Å².